The van der Waals surface area contributed by atoms with Crippen LogP contribution in [0.4, 0.5) is 0 Å². The van der Waals surface area contributed by atoms with Gasteiger partial charge in [0, 0.05) is 26.1 Å². The van der Waals surface area contributed by atoms with E-state index in [0.717, 1.165) is 19.3 Å². The van der Waals surface area contributed by atoms with Crippen LogP contribution in [-0.2, 0) is 14.4 Å². The van der Waals surface area contributed by atoms with Gasteiger partial charge in [0.25, 0.3) is 0 Å². The molecule has 3 amide bonds. The molecular weight excluding hydrogens is 344 g/mol. The normalized spacial score (nSPS) is 18.3. The number of hydrogen-bond acceptors (Lipinski definition) is 4. The van der Waals surface area contributed by atoms with Gasteiger partial charge in [0.15, 0.2) is 0 Å². The molecule has 1 fully saturated rings. The lowest BCUT2D eigenvalue weighted by atomic mass is 9.98. The number of rotatable bonds is 8. The predicted molar refractivity (Wildman–Crippen MR) is 100 cm³/mol. The number of carbonyl (C=O) groups is 3. The van der Waals surface area contributed by atoms with Crippen LogP contribution in [-0.4, -0.2) is 54.8 Å². The lowest BCUT2D eigenvalue weighted by Gasteiger charge is -2.33. The van der Waals surface area contributed by atoms with Crippen LogP contribution < -0.4 is 16.4 Å². The van der Waals surface area contributed by atoms with Gasteiger partial charge in [0.2, 0.25) is 17.7 Å². The number of hydrogen-bond donors (Lipinski definition) is 3. The number of nitrogens with two attached hydrogens (primary N) is 1. The second kappa shape index (κ2) is 12.1. The van der Waals surface area contributed by atoms with E-state index in [0.29, 0.717) is 26.1 Å². The molecule has 0 saturated carbocycles. The van der Waals surface area contributed by atoms with E-state index in [-0.39, 0.29) is 48.5 Å². The molecule has 8 heteroatoms. The SMILES string of the molecule is CCCC(=O)NCC1CCCN(C(=O)CNC(=O)[C@@H](N)C(C)C)C1.Cl. The number of nitrogens with zero attached hydrogens (tertiary/aromatic N) is 1. The van der Waals surface area contributed by atoms with Crippen LogP contribution >= 0.6 is 12.4 Å². The highest BCUT2D eigenvalue weighted by Gasteiger charge is 2.25. The van der Waals surface area contributed by atoms with Crippen molar-refractivity contribution >= 4 is 30.1 Å². The molecule has 1 aliphatic heterocycles. The lowest BCUT2D eigenvalue weighted by Crippen LogP contribution is -2.50. The summed E-state index contributed by atoms with van der Waals surface area (Å²) in [5.41, 5.74) is 5.76. The fourth-order valence-electron chi connectivity index (χ4n) is 2.73. The monoisotopic (exact) mass is 376 g/mol. The van der Waals surface area contributed by atoms with Crippen LogP contribution in [0.5, 0.6) is 0 Å². The van der Waals surface area contributed by atoms with Gasteiger partial charge < -0.3 is 21.3 Å². The molecule has 0 aromatic carbocycles. The van der Waals surface area contributed by atoms with E-state index in [2.05, 4.69) is 10.6 Å². The van der Waals surface area contributed by atoms with E-state index >= 15 is 0 Å². The molecule has 1 aliphatic rings. The quantitative estimate of drug-likeness (QED) is 0.578. The zero-order valence-corrected chi connectivity index (χ0v) is 16.4. The summed E-state index contributed by atoms with van der Waals surface area (Å²) in [7, 11) is 0. The third kappa shape index (κ3) is 8.54. The van der Waals surface area contributed by atoms with Gasteiger partial charge in [0.1, 0.15) is 0 Å². The lowest BCUT2D eigenvalue weighted by molar-refractivity contribution is -0.134. The first kappa shape index (κ1) is 23.7. The summed E-state index contributed by atoms with van der Waals surface area (Å²) in [6.45, 7) is 7.62. The van der Waals surface area contributed by atoms with Crippen molar-refractivity contribution in [3.63, 3.8) is 0 Å². The predicted octanol–water partition coefficient (Wildman–Crippen LogP) is 0.663. The summed E-state index contributed by atoms with van der Waals surface area (Å²) in [6, 6.07) is -0.597. The van der Waals surface area contributed by atoms with E-state index in [1.165, 1.54) is 0 Å². The first-order valence-corrected chi connectivity index (χ1v) is 8.92. The molecule has 0 spiro atoms. The Labute approximate surface area is 156 Å². The number of likely N-dealkylation sites (tertiary alicyclic amines) is 1. The number of nitrogens with one attached hydrogen (secondary N) is 2. The van der Waals surface area contributed by atoms with Crippen LogP contribution in [0.25, 0.3) is 0 Å². The van der Waals surface area contributed by atoms with Gasteiger partial charge in [-0.05, 0) is 31.1 Å². The Morgan fingerprint density at radius 1 is 1.24 bits per heavy atom. The highest BCUT2D eigenvalue weighted by atomic mass is 35.5. The molecule has 25 heavy (non-hydrogen) atoms. The van der Waals surface area contributed by atoms with Gasteiger partial charge in [-0.1, -0.05) is 20.8 Å². The molecule has 2 atom stereocenters. The van der Waals surface area contributed by atoms with Gasteiger partial charge in [-0.2, -0.15) is 0 Å². The molecule has 1 saturated heterocycles. The summed E-state index contributed by atoms with van der Waals surface area (Å²) in [5.74, 6) is -0.0122. The summed E-state index contributed by atoms with van der Waals surface area (Å²) in [5, 5.41) is 5.54. The van der Waals surface area contributed by atoms with Crippen LogP contribution in [0.1, 0.15) is 46.5 Å². The maximum Gasteiger partial charge on any atom is 0.241 e. The van der Waals surface area contributed by atoms with E-state index < -0.39 is 6.04 Å². The van der Waals surface area contributed by atoms with E-state index in [1.54, 1.807) is 4.90 Å². The summed E-state index contributed by atoms with van der Waals surface area (Å²) < 4.78 is 0. The van der Waals surface area contributed by atoms with E-state index in [9.17, 15) is 14.4 Å². The van der Waals surface area contributed by atoms with Gasteiger partial charge in [-0.15, -0.1) is 12.4 Å². The zero-order valence-electron chi connectivity index (χ0n) is 15.5. The largest absolute Gasteiger partial charge is 0.356 e. The molecule has 1 unspecified atom stereocenters. The minimum atomic E-state index is -0.597. The van der Waals surface area contributed by atoms with Gasteiger partial charge in [-0.25, -0.2) is 0 Å². The smallest absolute Gasteiger partial charge is 0.241 e. The second-order valence-corrected chi connectivity index (χ2v) is 6.89. The molecule has 1 heterocycles. The van der Waals surface area contributed by atoms with E-state index in [1.807, 2.05) is 20.8 Å². The third-order valence-electron chi connectivity index (χ3n) is 4.37. The van der Waals surface area contributed by atoms with Crippen molar-refractivity contribution < 1.29 is 14.4 Å². The molecule has 0 aliphatic carbocycles. The Balaban J connectivity index is 0.00000576. The molecule has 0 radical (unpaired) electrons. The van der Waals surface area contributed by atoms with Crippen molar-refractivity contribution in [3.8, 4) is 0 Å². The van der Waals surface area contributed by atoms with Crippen molar-refractivity contribution in [3.05, 3.63) is 0 Å². The van der Waals surface area contributed by atoms with Crippen LogP contribution in [0.15, 0.2) is 0 Å². The van der Waals surface area contributed by atoms with Gasteiger partial charge in [0.05, 0.1) is 12.6 Å². The third-order valence-corrected chi connectivity index (χ3v) is 4.37. The molecule has 4 N–H and O–H groups in total. The number of halogens is 1. The van der Waals surface area contributed by atoms with Crippen molar-refractivity contribution in [1.29, 1.82) is 0 Å². The van der Waals surface area contributed by atoms with Crippen molar-refractivity contribution in [2.75, 3.05) is 26.2 Å². The van der Waals surface area contributed by atoms with Crippen molar-refractivity contribution in [2.24, 2.45) is 17.6 Å². The fourth-order valence-corrected chi connectivity index (χ4v) is 2.73. The van der Waals surface area contributed by atoms with E-state index in [4.69, 9.17) is 5.73 Å². The number of carbonyl (C=O) groups excluding carboxylic acids is 3. The maximum absolute atomic E-state index is 12.3. The second-order valence-electron chi connectivity index (χ2n) is 6.89. The van der Waals surface area contributed by atoms with Crippen LogP contribution in [0.3, 0.4) is 0 Å². The Kier molecular flexibility index (Phi) is 11.4. The maximum atomic E-state index is 12.3. The Bertz CT molecular complexity index is 446. The van der Waals surface area contributed by atoms with Crippen LogP contribution in [0, 0.1) is 11.8 Å². The minimum absolute atomic E-state index is 0. The Morgan fingerprint density at radius 2 is 1.92 bits per heavy atom. The summed E-state index contributed by atoms with van der Waals surface area (Å²) in [6.07, 6.45) is 3.29. The topological polar surface area (TPSA) is 105 Å². The minimum Gasteiger partial charge on any atom is -0.356 e. The highest BCUT2D eigenvalue weighted by Crippen LogP contribution is 2.15. The number of piperidine rings is 1. The van der Waals surface area contributed by atoms with Crippen molar-refractivity contribution in [2.45, 2.75) is 52.5 Å². The number of amides is 3. The molecule has 1 rings (SSSR count). The first-order valence-electron chi connectivity index (χ1n) is 8.92. The molecule has 0 aromatic heterocycles. The Morgan fingerprint density at radius 3 is 2.52 bits per heavy atom. The fraction of sp³-hybridized carbons (Fsp3) is 0.824. The molecule has 0 bridgehead atoms. The standard InChI is InChI=1S/C17H32N4O3.ClH/c1-4-6-14(22)19-9-13-7-5-8-21(11-13)15(23)10-20-17(24)16(18)12(2)3;/h12-13,16H,4-11,18H2,1-3H3,(H,19,22)(H,20,24);1H/t13?,16-;/m0./s1. The van der Waals surface area contributed by atoms with Crippen molar-refractivity contribution in [1.82, 2.24) is 15.5 Å². The highest BCUT2D eigenvalue weighted by molar-refractivity contribution is 5.87. The van der Waals surface area contributed by atoms with Gasteiger partial charge in [-0.3, -0.25) is 14.4 Å². The average molecular weight is 377 g/mol. The van der Waals surface area contributed by atoms with Crippen LogP contribution in [0.2, 0.25) is 0 Å². The average Bonchev–Trinajstić information content (AvgIpc) is 2.57. The Hall–Kier alpha value is -1.34. The van der Waals surface area contributed by atoms with Gasteiger partial charge >= 0.3 is 0 Å². The first-order chi connectivity index (χ1) is 11.3. The summed E-state index contributed by atoms with van der Waals surface area (Å²) in [4.78, 5) is 37.4. The molecule has 146 valence electrons. The zero-order chi connectivity index (χ0) is 18.1. The molecule has 7 nitrogen and oxygen atoms in total. The molecule has 0 aromatic rings. The summed E-state index contributed by atoms with van der Waals surface area (Å²) >= 11 is 0. The molecular formula is C17H33ClN4O3.